The van der Waals surface area contributed by atoms with Crippen molar-refractivity contribution < 1.29 is 13.2 Å². The summed E-state index contributed by atoms with van der Waals surface area (Å²) in [7, 11) is 0. The molecule has 0 radical (unpaired) electrons. The highest BCUT2D eigenvalue weighted by Gasteiger charge is 2.30. The minimum absolute atomic E-state index is 0.701. The van der Waals surface area contributed by atoms with E-state index in [1.165, 1.54) is 6.08 Å². The van der Waals surface area contributed by atoms with E-state index in [1.807, 2.05) is 13.8 Å². The van der Waals surface area contributed by atoms with Gasteiger partial charge in [0.2, 0.25) is 0 Å². The molecule has 0 saturated carbocycles. The van der Waals surface area contributed by atoms with Crippen molar-refractivity contribution in [2.45, 2.75) is 32.9 Å². The Morgan fingerprint density at radius 1 is 1.29 bits per heavy atom. The third kappa shape index (κ3) is 4.90. The third-order valence-corrected chi connectivity index (χ3v) is 1.74. The summed E-state index contributed by atoms with van der Waals surface area (Å²) in [6, 6.07) is 0. The van der Waals surface area contributed by atoms with Crippen LogP contribution in [0.5, 0.6) is 0 Å². The molecule has 0 heterocycles. The molecule has 0 aromatic carbocycles. The van der Waals surface area contributed by atoms with Crippen molar-refractivity contribution in [1.29, 1.82) is 0 Å². The molecule has 0 aromatic heterocycles. The van der Waals surface area contributed by atoms with E-state index in [4.69, 9.17) is 0 Å². The minimum atomic E-state index is -4.30. The van der Waals surface area contributed by atoms with E-state index in [-0.39, 0.29) is 0 Å². The van der Waals surface area contributed by atoms with Gasteiger partial charge in [0.25, 0.3) is 0 Å². The Bertz CT molecular complexity index is 244. The number of halogens is 3. The van der Waals surface area contributed by atoms with Crippen LogP contribution in [0.15, 0.2) is 36.0 Å². The molecule has 0 bridgehead atoms. The molecule has 0 aliphatic carbocycles. The molecule has 0 rings (SSSR count). The zero-order valence-corrected chi connectivity index (χ0v) is 8.49. The number of hydrogen-bond donors (Lipinski definition) is 0. The lowest BCUT2D eigenvalue weighted by atomic mass is 10.1. The Kier molecular flexibility index (Phi) is 5.28. The van der Waals surface area contributed by atoms with Crippen LogP contribution in [0.4, 0.5) is 13.2 Å². The maximum atomic E-state index is 12.2. The zero-order chi connectivity index (χ0) is 11.2. The fourth-order valence-electron chi connectivity index (χ4n) is 0.988. The van der Waals surface area contributed by atoms with E-state index in [9.17, 15) is 13.2 Å². The van der Waals surface area contributed by atoms with Crippen LogP contribution in [0, 0.1) is 0 Å². The van der Waals surface area contributed by atoms with Gasteiger partial charge in [0, 0.05) is 0 Å². The highest BCUT2D eigenvalue weighted by molar-refractivity contribution is 5.27. The summed E-state index contributed by atoms with van der Waals surface area (Å²) in [5.74, 6) is 0. The molecule has 0 N–H and O–H groups in total. The van der Waals surface area contributed by atoms with Gasteiger partial charge in [-0.1, -0.05) is 43.7 Å². The van der Waals surface area contributed by atoms with Crippen LogP contribution in [0.25, 0.3) is 0 Å². The van der Waals surface area contributed by atoms with Crippen molar-refractivity contribution in [1.82, 2.24) is 0 Å². The van der Waals surface area contributed by atoms with Crippen LogP contribution in [-0.2, 0) is 0 Å². The lowest BCUT2D eigenvalue weighted by Crippen LogP contribution is -2.09. The zero-order valence-electron chi connectivity index (χ0n) is 8.49. The first-order chi connectivity index (χ1) is 6.41. The summed E-state index contributed by atoms with van der Waals surface area (Å²) in [4.78, 5) is 0. The molecule has 3 heteroatoms. The predicted molar refractivity (Wildman–Crippen MR) is 53.0 cm³/mol. The molecule has 0 aromatic rings. The second-order valence-corrected chi connectivity index (χ2v) is 3.09. The normalized spacial score (nSPS) is 14.4. The summed E-state index contributed by atoms with van der Waals surface area (Å²) < 4.78 is 36.6. The number of allylic oxidation sites excluding steroid dienone is 5. The monoisotopic (exact) mass is 204 g/mol. The molecule has 0 unspecified atom stereocenters. The Labute approximate surface area is 82.8 Å². The fourth-order valence-corrected chi connectivity index (χ4v) is 0.988. The first-order valence-corrected chi connectivity index (χ1v) is 4.49. The second kappa shape index (κ2) is 5.68. The molecule has 0 aliphatic heterocycles. The number of hydrogen-bond acceptors (Lipinski definition) is 0. The molecule has 0 saturated heterocycles. The van der Waals surface area contributed by atoms with Gasteiger partial charge in [-0.25, -0.2) is 0 Å². The lowest BCUT2D eigenvalue weighted by Gasteiger charge is -2.05. The highest BCUT2D eigenvalue weighted by Crippen LogP contribution is 2.26. The second-order valence-electron chi connectivity index (χ2n) is 3.09. The first kappa shape index (κ1) is 13.0. The Morgan fingerprint density at radius 2 is 1.86 bits per heavy atom. The summed E-state index contributed by atoms with van der Waals surface area (Å²) in [6.45, 7) is 6.94. The van der Waals surface area contributed by atoms with Gasteiger partial charge in [0.1, 0.15) is 0 Å². The largest absolute Gasteiger partial charge is 0.416 e. The summed E-state index contributed by atoms with van der Waals surface area (Å²) >= 11 is 0. The van der Waals surface area contributed by atoms with Crippen LogP contribution < -0.4 is 0 Å². The number of rotatable bonds is 4. The van der Waals surface area contributed by atoms with Crippen molar-refractivity contribution in [2.24, 2.45) is 0 Å². The summed E-state index contributed by atoms with van der Waals surface area (Å²) in [5, 5.41) is 0. The Balaban J connectivity index is 4.62. The number of alkyl halides is 3. The summed E-state index contributed by atoms with van der Waals surface area (Å²) in [5.41, 5.74) is 0.240. The van der Waals surface area contributed by atoms with Gasteiger partial charge >= 0.3 is 6.18 Å². The van der Waals surface area contributed by atoms with Crippen LogP contribution in [0.1, 0.15) is 26.7 Å². The van der Waals surface area contributed by atoms with E-state index < -0.39 is 11.7 Å². The molecule has 80 valence electrons. The SMILES string of the molecule is C=C/C(=C\C=C(/C)CCC)C(F)(F)F. The molecule has 14 heavy (non-hydrogen) atoms. The molecular formula is C11H15F3. The standard InChI is InChI=1S/C11H15F3/c1-4-6-9(3)7-8-10(5-2)11(12,13)14/h5,7-8H,2,4,6H2,1,3H3/b9-7+,10-8+. The van der Waals surface area contributed by atoms with E-state index in [0.717, 1.165) is 30.6 Å². The van der Waals surface area contributed by atoms with Gasteiger partial charge in [-0.15, -0.1) is 0 Å². The Morgan fingerprint density at radius 3 is 2.21 bits per heavy atom. The van der Waals surface area contributed by atoms with Gasteiger partial charge in [0.15, 0.2) is 0 Å². The van der Waals surface area contributed by atoms with E-state index in [1.54, 1.807) is 0 Å². The van der Waals surface area contributed by atoms with Gasteiger partial charge < -0.3 is 0 Å². The quantitative estimate of drug-likeness (QED) is 0.595. The molecule has 0 spiro atoms. The third-order valence-electron chi connectivity index (χ3n) is 1.74. The van der Waals surface area contributed by atoms with E-state index in [2.05, 4.69) is 6.58 Å². The highest BCUT2D eigenvalue weighted by atomic mass is 19.4. The average molecular weight is 204 g/mol. The topological polar surface area (TPSA) is 0 Å². The molecule has 0 fully saturated rings. The lowest BCUT2D eigenvalue weighted by molar-refractivity contribution is -0.0881. The van der Waals surface area contributed by atoms with Gasteiger partial charge in [-0.05, 0) is 13.3 Å². The van der Waals surface area contributed by atoms with Crippen molar-refractivity contribution >= 4 is 0 Å². The van der Waals surface area contributed by atoms with Crippen LogP contribution in [0.3, 0.4) is 0 Å². The minimum Gasteiger partial charge on any atom is -0.166 e. The van der Waals surface area contributed by atoms with Crippen LogP contribution in [-0.4, -0.2) is 6.18 Å². The molecule has 0 nitrogen and oxygen atoms in total. The maximum absolute atomic E-state index is 12.2. The van der Waals surface area contributed by atoms with E-state index in [0.29, 0.717) is 0 Å². The van der Waals surface area contributed by atoms with Crippen molar-refractivity contribution in [3.8, 4) is 0 Å². The molecule has 0 atom stereocenters. The van der Waals surface area contributed by atoms with Crippen molar-refractivity contribution in [3.05, 3.63) is 36.0 Å². The molecule has 0 amide bonds. The van der Waals surface area contributed by atoms with E-state index >= 15 is 0 Å². The fraction of sp³-hybridized carbons (Fsp3) is 0.455. The maximum Gasteiger partial charge on any atom is 0.416 e. The Hall–Kier alpha value is -0.990. The molecular weight excluding hydrogens is 189 g/mol. The van der Waals surface area contributed by atoms with Gasteiger partial charge in [-0.3, -0.25) is 0 Å². The van der Waals surface area contributed by atoms with Gasteiger partial charge in [0.05, 0.1) is 5.57 Å². The average Bonchev–Trinajstić information content (AvgIpc) is 2.03. The van der Waals surface area contributed by atoms with Crippen LogP contribution in [0.2, 0.25) is 0 Å². The van der Waals surface area contributed by atoms with Crippen LogP contribution >= 0.6 is 0 Å². The van der Waals surface area contributed by atoms with Crippen molar-refractivity contribution in [2.75, 3.05) is 0 Å². The smallest absolute Gasteiger partial charge is 0.166 e. The first-order valence-electron chi connectivity index (χ1n) is 4.49. The predicted octanol–water partition coefficient (Wildman–Crippen LogP) is 4.41. The molecule has 0 aliphatic rings. The summed E-state index contributed by atoms with van der Waals surface area (Å²) in [6.07, 6.45) is 0.844. The van der Waals surface area contributed by atoms with Crippen molar-refractivity contribution in [3.63, 3.8) is 0 Å². The van der Waals surface area contributed by atoms with Gasteiger partial charge in [-0.2, -0.15) is 13.2 Å².